The Morgan fingerprint density at radius 2 is 1.46 bits per heavy atom. The second kappa shape index (κ2) is 10.6. The van der Waals surface area contributed by atoms with E-state index in [1.54, 1.807) is 0 Å². The van der Waals surface area contributed by atoms with E-state index in [2.05, 4.69) is 6.92 Å². The number of carboxylic acids is 1. The van der Waals surface area contributed by atoms with Crippen LogP contribution in [0.15, 0.2) is 24.3 Å². The molecule has 0 radical (unpaired) electrons. The molecule has 1 fully saturated rings. The number of aryl methyl sites for hydroxylation is 1. The number of alkyl halides is 9. The van der Waals surface area contributed by atoms with Crippen LogP contribution in [0.3, 0.4) is 0 Å². The standard InChI is InChI=1S/C24H29F9O2/c1-2-3-4-5-16-10-13-20(14-11-16,19(34)35)18-8-6-17(7-9-18)12-15-21(25,26)22(27,28)23(29,30)24(31,32)33/h6-9,16H,2-5,10-15H2,1H3,(H,34,35). The Morgan fingerprint density at radius 3 is 1.91 bits per heavy atom. The van der Waals surface area contributed by atoms with Crippen molar-refractivity contribution in [3.8, 4) is 0 Å². The van der Waals surface area contributed by atoms with Gasteiger partial charge in [-0.05, 0) is 49.1 Å². The number of rotatable bonds is 11. The first kappa shape index (κ1) is 29.3. The van der Waals surface area contributed by atoms with Crippen molar-refractivity contribution in [2.45, 2.75) is 100 Å². The highest BCUT2D eigenvalue weighted by atomic mass is 19.4. The third-order valence-electron chi connectivity index (χ3n) is 7.03. The normalized spacial score (nSPS) is 22.3. The van der Waals surface area contributed by atoms with Crippen LogP contribution in [0.5, 0.6) is 0 Å². The largest absolute Gasteiger partial charge is 0.481 e. The van der Waals surface area contributed by atoms with Gasteiger partial charge in [0.25, 0.3) is 0 Å². The average molecular weight is 520 g/mol. The van der Waals surface area contributed by atoms with Crippen molar-refractivity contribution in [2.24, 2.45) is 5.92 Å². The summed E-state index contributed by atoms with van der Waals surface area (Å²) in [4.78, 5) is 12.1. The molecule has 0 aromatic heterocycles. The van der Waals surface area contributed by atoms with Crippen molar-refractivity contribution >= 4 is 5.97 Å². The minimum Gasteiger partial charge on any atom is -0.481 e. The zero-order valence-electron chi connectivity index (χ0n) is 19.2. The van der Waals surface area contributed by atoms with Gasteiger partial charge in [0.15, 0.2) is 0 Å². The Balaban J connectivity index is 2.10. The Hall–Kier alpha value is -1.94. The summed E-state index contributed by atoms with van der Waals surface area (Å²) < 4.78 is 117. The molecule has 11 heteroatoms. The Bertz CT molecular complexity index is 840. The number of carbonyl (C=O) groups is 1. The maximum Gasteiger partial charge on any atom is 0.460 e. The molecule has 0 amide bonds. The van der Waals surface area contributed by atoms with Crippen molar-refractivity contribution in [3.63, 3.8) is 0 Å². The molecule has 1 N–H and O–H groups in total. The molecule has 1 aliphatic rings. The second-order valence-corrected chi connectivity index (χ2v) is 9.37. The Kier molecular flexibility index (Phi) is 8.86. The minimum atomic E-state index is -6.91. The molecule has 0 spiro atoms. The topological polar surface area (TPSA) is 37.3 Å². The first-order chi connectivity index (χ1) is 16.0. The predicted molar refractivity (Wildman–Crippen MR) is 111 cm³/mol. The predicted octanol–water partition coefficient (Wildman–Crippen LogP) is 8.18. The van der Waals surface area contributed by atoms with E-state index < -0.39 is 48.2 Å². The molecule has 0 unspecified atom stereocenters. The molecule has 35 heavy (non-hydrogen) atoms. The summed E-state index contributed by atoms with van der Waals surface area (Å²) in [5.41, 5.74) is -0.805. The molecule has 2 nitrogen and oxygen atoms in total. The van der Waals surface area contributed by atoms with Gasteiger partial charge in [-0.1, -0.05) is 56.9 Å². The fraction of sp³-hybridized carbons (Fsp3) is 0.708. The van der Waals surface area contributed by atoms with Gasteiger partial charge in [-0.15, -0.1) is 0 Å². The van der Waals surface area contributed by atoms with Gasteiger partial charge in [0.2, 0.25) is 0 Å². The molecule has 1 saturated carbocycles. The van der Waals surface area contributed by atoms with Crippen LogP contribution in [-0.2, 0) is 16.6 Å². The molecule has 1 aromatic rings. The maximum atomic E-state index is 13.8. The van der Waals surface area contributed by atoms with Crippen LogP contribution in [0.1, 0.15) is 75.8 Å². The number of halogens is 9. The van der Waals surface area contributed by atoms with Crippen LogP contribution in [0.25, 0.3) is 0 Å². The van der Waals surface area contributed by atoms with Crippen LogP contribution >= 0.6 is 0 Å². The molecule has 0 aliphatic heterocycles. The van der Waals surface area contributed by atoms with Gasteiger partial charge in [0.1, 0.15) is 0 Å². The molecular formula is C24H29F9O2. The number of aliphatic carboxylic acids is 1. The maximum absolute atomic E-state index is 13.8. The van der Waals surface area contributed by atoms with Crippen molar-refractivity contribution in [1.82, 2.24) is 0 Å². The number of carboxylic acid groups (broad SMARTS) is 1. The molecule has 0 saturated heterocycles. The number of benzene rings is 1. The molecule has 0 atom stereocenters. The lowest BCUT2D eigenvalue weighted by atomic mass is 9.66. The van der Waals surface area contributed by atoms with Gasteiger partial charge >= 0.3 is 29.9 Å². The summed E-state index contributed by atoms with van der Waals surface area (Å²) in [7, 11) is 0. The zero-order chi connectivity index (χ0) is 26.7. The molecule has 1 aliphatic carbocycles. The van der Waals surface area contributed by atoms with Crippen LogP contribution in [-0.4, -0.2) is 35.0 Å². The molecule has 200 valence electrons. The smallest absolute Gasteiger partial charge is 0.460 e. The van der Waals surface area contributed by atoms with E-state index in [9.17, 15) is 49.4 Å². The highest BCUT2D eigenvalue weighted by molar-refractivity contribution is 5.81. The van der Waals surface area contributed by atoms with Gasteiger partial charge < -0.3 is 5.11 Å². The zero-order valence-corrected chi connectivity index (χ0v) is 19.2. The number of hydrogen-bond donors (Lipinski definition) is 1. The summed E-state index contributed by atoms with van der Waals surface area (Å²) in [6.07, 6.45) is -3.31. The van der Waals surface area contributed by atoms with Gasteiger partial charge in [-0.2, -0.15) is 39.5 Å². The highest BCUT2D eigenvalue weighted by Gasteiger charge is 2.81. The van der Waals surface area contributed by atoms with Crippen molar-refractivity contribution in [3.05, 3.63) is 35.4 Å². The lowest BCUT2D eigenvalue weighted by Crippen LogP contribution is -2.60. The van der Waals surface area contributed by atoms with E-state index in [0.29, 0.717) is 37.2 Å². The third kappa shape index (κ3) is 5.90. The van der Waals surface area contributed by atoms with Crippen LogP contribution in [0, 0.1) is 5.92 Å². The molecule has 0 bridgehead atoms. The van der Waals surface area contributed by atoms with E-state index in [4.69, 9.17) is 0 Å². The first-order valence-corrected chi connectivity index (χ1v) is 11.5. The van der Waals surface area contributed by atoms with Gasteiger partial charge in [-0.3, -0.25) is 4.79 Å². The van der Waals surface area contributed by atoms with E-state index in [1.165, 1.54) is 24.3 Å². The van der Waals surface area contributed by atoms with E-state index in [1.807, 2.05) is 0 Å². The number of unbranched alkanes of at least 4 members (excludes halogenated alkanes) is 2. The summed E-state index contributed by atoms with van der Waals surface area (Å²) in [5.74, 6) is -19.8. The quantitative estimate of drug-likeness (QED) is 0.236. The fourth-order valence-electron chi connectivity index (χ4n) is 4.62. The number of hydrogen-bond acceptors (Lipinski definition) is 1. The van der Waals surface area contributed by atoms with Gasteiger partial charge in [0.05, 0.1) is 5.41 Å². The van der Waals surface area contributed by atoms with Crippen molar-refractivity contribution in [2.75, 3.05) is 0 Å². The van der Waals surface area contributed by atoms with Crippen molar-refractivity contribution < 1.29 is 49.4 Å². The summed E-state index contributed by atoms with van der Waals surface area (Å²) in [6, 6.07) is 5.15. The lowest BCUT2D eigenvalue weighted by Gasteiger charge is -2.37. The summed E-state index contributed by atoms with van der Waals surface area (Å²) >= 11 is 0. The molecule has 2 rings (SSSR count). The lowest BCUT2D eigenvalue weighted by molar-refractivity contribution is -0.396. The van der Waals surface area contributed by atoms with Crippen LogP contribution < -0.4 is 0 Å². The average Bonchev–Trinajstić information content (AvgIpc) is 2.77. The van der Waals surface area contributed by atoms with E-state index in [-0.39, 0.29) is 5.56 Å². The molecular weight excluding hydrogens is 491 g/mol. The van der Waals surface area contributed by atoms with Gasteiger partial charge in [-0.25, -0.2) is 0 Å². The fourth-order valence-corrected chi connectivity index (χ4v) is 4.62. The van der Waals surface area contributed by atoms with E-state index >= 15 is 0 Å². The Labute approximate surface area is 197 Å². The summed E-state index contributed by atoms with van der Waals surface area (Å²) in [6.45, 7) is 2.09. The second-order valence-electron chi connectivity index (χ2n) is 9.37. The molecule has 1 aromatic carbocycles. The van der Waals surface area contributed by atoms with E-state index in [0.717, 1.165) is 25.7 Å². The van der Waals surface area contributed by atoms with Crippen LogP contribution in [0.4, 0.5) is 39.5 Å². The van der Waals surface area contributed by atoms with Gasteiger partial charge in [0, 0.05) is 6.42 Å². The van der Waals surface area contributed by atoms with Crippen LogP contribution in [0.2, 0.25) is 0 Å². The molecule has 0 heterocycles. The monoisotopic (exact) mass is 520 g/mol. The Morgan fingerprint density at radius 1 is 0.914 bits per heavy atom. The van der Waals surface area contributed by atoms with Crippen molar-refractivity contribution in [1.29, 1.82) is 0 Å². The first-order valence-electron chi connectivity index (χ1n) is 11.5. The minimum absolute atomic E-state index is 0.0201. The SMILES string of the molecule is CCCCCC1CCC(C(=O)O)(c2ccc(CCC(F)(F)C(F)(F)C(F)(F)C(F)(F)F)cc2)CC1. The highest BCUT2D eigenvalue weighted by Crippen LogP contribution is 2.54. The summed E-state index contributed by atoms with van der Waals surface area (Å²) in [5, 5.41) is 9.91. The third-order valence-corrected chi connectivity index (χ3v) is 7.03.